The molecular weight excluding hydrogens is 260 g/mol. The van der Waals surface area contributed by atoms with E-state index in [2.05, 4.69) is 17.9 Å². The van der Waals surface area contributed by atoms with E-state index < -0.39 is 0 Å². The molecule has 0 aromatic heterocycles. The largest absolute Gasteiger partial charge is 0.508 e. The molecule has 0 saturated carbocycles. The van der Waals surface area contributed by atoms with Crippen LogP contribution in [0.1, 0.15) is 23.6 Å². The highest BCUT2D eigenvalue weighted by molar-refractivity contribution is 5.51. The number of aromatic hydroxyl groups is 1. The fourth-order valence-electron chi connectivity index (χ4n) is 3.14. The Kier molecular flexibility index (Phi) is 3.84. The van der Waals surface area contributed by atoms with Gasteiger partial charge in [0.15, 0.2) is 0 Å². The van der Waals surface area contributed by atoms with Gasteiger partial charge < -0.3 is 10.8 Å². The summed E-state index contributed by atoms with van der Waals surface area (Å²) >= 11 is 0. The Morgan fingerprint density at radius 2 is 1.95 bits per heavy atom. The molecule has 3 rings (SSSR count). The van der Waals surface area contributed by atoms with Gasteiger partial charge in [0.1, 0.15) is 5.75 Å². The van der Waals surface area contributed by atoms with Crippen molar-refractivity contribution in [1.82, 2.24) is 4.90 Å². The van der Waals surface area contributed by atoms with Crippen LogP contribution in [0.15, 0.2) is 42.5 Å². The fraction of sp³-hybridized carbons (Fsp3) is 0.333. The zero-order valence-electron chi connectivity index (χ0n) is 12.4. The molecular formula is C18H22N2O. The molecule has 0 saturated heterocycles. The van der Waals surface area contributed by atoms with E-state index in [0.29, 0.717) is 11.8 Å². The summed E-state index contributed by atoms with van der Waals surface area (Å²) in [5.41, 5.74) is 10.9. The average molecular weight is 282 g/mol. The van der Waals surface area contributed by atoms with Crippen LogP contribution in [0, 0.1) is 0 Å². The van der Waals surface area contributed by atoms with Gasteiger partial charge in [0, 0.05) is 24.8 Å². The molecule has 1 atom stereocenters. The van der Waals surface area contributed by atoms with Crippen molar-refractivity contribution >= 4 is 5.69 Å². The van der Waals surface area contributed by atoms with Crippen LogP contribution in [0.3, 0.4) is 0 Å². The van der Waals surface area contributed by atoms with E-state index in [4.69, 9.17) is 5.73 Å². The first-order chi connectivity index (χ1) is 10.1. The van der Waals surface area contributed by atoms with E-state index in [0.717, 1.165) is 31.6 Å². The van der Waals surface area contributed by atoms with E-state index in [1.54, 1.807) is 12.1 Å². The average Bonchev–Trinajstić information content (AvgIpc) is 2.49. The number of rotatable bonds is 3. The van der Waals surface area contributed by atoms with E-state index in [-0.39, 0.29) is 0 Å². The summed E-state index contributed by atoms with van der Waals surface area (Å²) in [5.74, 6) is 0.328. The monoisotopic (exact) mass is 282 g/mol. The molecule has 3 N–H and O–H groups in total. The van der Waals surface area contributed by atoms with Gasteiger partial charge >= 0.3 is 0 Å². The first-order valence-corrected chi connectivity index (χ1v) is 7.51. The third kappa shape index (κ3) is 3.03. The Morgan fingerprint density at radius 3 is 2.71 bits per heavy atom. The first kappa shape index (κ1) is 14.0. The predicted molar refractivity (Wildman–Crippen MR) is 86.2 cm³/mol. The summed E-state index contributed by atoms with van der Waals surface area (Å²) in [4.78, 5) is 2.51. The van der Waals surface area contributed by atoms with E-state index >= 15 is 0 Å². The maximum atomic E-state index is 9.35. The molecule has 0 bridgehead atoms. The van der Waals surface area contributed by atoms with Crippen LogP contribution in [0.2, 0.25) is 0 Å². The summed E-state index contributed by atoms with van der Waals surface area (Å²) in [6, 6.07) is 14.2. The van der Waals surface area contributed by atoms with E-state index in [1.807, 2.05) is 24.3 Å². The number of benzene rings is 2. The summed E-state index contributed by atoms with van der Waals surface area (Å²) in [6.45, 7) is 4.30. The number of nitrogen functional groups attached to an aromatic ring is 1. The summed E-state index contributed by atoms with van der Waals surface area (Å²) < 4.78 is 0. The number of nitrogens with two attached hydrogens (primary N) is 1. The molecule has 1 aliphatic heterocycles. The Hall–Kier alpha value is -2.00. The third-order valence-electron chi connectivity index (χ3n) is 4.42. The van der Waals surface area contributed by atoms with E-state index in [1.165, 1.54) is 16.7 Å². The molecule has 2 aromatic rings. The first-order valence-electron chi connectivity index (χ1n) is 7.51. The van der Waals surface area contributed by atoms with Gasteiger partial charge in [-0.3, -0.25) is 4.90 Å². The second-order valence-corrected chi connectivity index (χ2v) is 5.92. The van der Waals surface area contributed by atoms with Gasteiger partial charge in [-0.05, 0) is 54.7 Å². The number of phenolic OH excluding ortho intramolecular Hbond substituents is 1. The maximum absolute atomic E-state index is 9.35. The SMILES string of the molecule is CC(Cc1ccc(O)cc1)N1CCc2c(N)cccc2C1. The van der Waals surface area contributed by atoms with Gasteiger partial charge in [0.05, 0.1) is 0 Å². The van der Waals surface area contributed by atoms with Crippen LogP contribution in [0.4, 0.5) is 5.69 Å². The van der Waals surface area contributed by atoms with Crippen LogP contribution in [-0.2, 0) is 19.4 Å². The lowest BCUT2D eigenvalue weighted by molar-refractivity contribution is 0.190. The Labute approximate surface area is 126 Å². The van der Waals surface area contributed by atoms with Crippen molar-refractivity contribution < 1.29 is 5.11 Å². The van der Waals surface area contributed by atoms with Gasteiger partial charge in [-0.2, -0.15) is 0 Å². The highest BCUT2D eigenvalue weighted by Gasteiger charge is 2.21. The van der Waals surface area contributed by atoms with Crippen molar-refractivity contribution in [2.45, 2.75) is 32.4 Å². The number of phenols is 1. The number of nitrogens with zero attached hydrogens (tertiary/aromatic N) is 1. The summed E-state index contributed by atoms with van der Waals surface area (Å²) in [6.07, 6.45) is 2.03. The van der Waals surface area contributed by atoms with Crippen molar-refractivity contribution in [2.75, 3.05) is 12.3 Å². The zero-order valence-corrected chi connectivity index (χ0v) is 12.4. The van der Waals surface area contributed by atoms with Crippen molar-refractivity contribution in [1.29, 1.82) is 0 Å². The van der Waals surface area contributed by atoms with Crippen LogP contribution < -0.4 is 5.73 Å². The number of anilines is 1. The van der Waals surface area contributed by atoms with E-state index in [9.17, 15) is 5.11 Å². The lowest BCUT2D eigenvalue weighted by Crippen LogP contribution is -2.39. The normalized spacial score (nSPS) is 16.4. The molecule has 110 valence electrons. The van der Waals surface area contributed by atoms with Gasteiger partial charge in [-0.25, -0.2) is 0 Å². The standard InChI is InChI=1S/C18H22N2O/c1-13(11-14-5-7-16(21)8-6-14)20-10-9-17-15(12-20)3-2-4-18(17)19/h2-8,13,21H,9-12,19H2,1H3. The lowest BCUT2D eigenvalue weighted by atomic mass is 9.96. The maximum Gasteiger partial charge on any atom is 0.115 e. The fourth-order valence-corrected chi connectivity index (χ4v) is 3.14. The van der Waals surface area contributed by atoms with Crippen molar-refractivity contribution in [2.24, 2.45) is 0 Å². The quantitative estimate of drug-likeness (QED) is 0.851. The van der Waals surface area contributed by atoms with Crippen molar-refractivity contribution in [3.63, 3.8) is 0 Å². The molecule has 3 nitrogen and oxygen atoms in total. The zero-order chi connectivity index (χ0) is 14.8. The Morgan fingerprint density at radius 1 is 1.19 bits per heavy atom. The second kappa shape index (κ2) is 5.78. The number of fused-ring (bicyclic) bond motifs is 1. The minimum Gasteiger partial charge on any atom is -0.508 e. The highest BCUT2D eigenvalue weighted by Crippen LogP contribution is 2.26. The van der Waals surface area contributed by atoms with Gasteiger partial charge in [0.25, 0.3) is 0 Å². The second-order valence-electron chi connectivity index (χ2n) is 5.92. The molecule has 0 spiro atoms. The molecule has 0 fully saturated rings. The van der Waals surface area contributed by atoms with Crippen molar-refractivity contribution in [3.8, 4) is 5.75 Å². The minimum absolute atomic E-state index is 0.328. The van der Waals surface area contributed by atoms with Crippen molar-refractivity contribution in [3.05, 3.63) is 59.2 Å². The predicted octanol–water partition coefficient (Wildman–Crippen LogP) is 2.96. The smallest absolute Gasteiger partial charge is 0.115 e. The number of hydrogen-bond donors (Lipinski definition) is 2. The summed E-state index contributed by atoms with van der Waals surface area (Å²) in [5, 5.41) is 9.35. The Balaban J connectivity index is 1.69. The Bertz CT molecular complexity index is 622. The molecule has 0 aliphatic carbocycles. The molecule has 1 heterocycles. The van der Waals surface area contributed by atoms with Gasteiger partial charge in [0.2, 0.25) is 0 Å². The molecule has 1 aliphatic rings. The van der Waals surface area contributed by atoms with Gasteiger partial charge in [-0.15, -0.1) is 0 Å². The van der Waals surface area contributed by atoms with Gasteiger partial charge in [-0.1, -0.05) is 24.3 Å². The minimum atomic E-state index is 0.328. The van der Waals surface area contributed by atoms with Crippen LogP contribution in [0.5, 0.6) is 5.75 Å². The number of hydrogen-bond acceptors (Lipinski definition) is 3. The third-order valence-corrected chi connectivity index (χ3v) is 4.42. The topological polar surface area (TPSA) is 49.5 Å². The lowest BCUT2D eigenvalue weighted by Gasteiger charge is -2.34. The van der Waals surface area contributed by atoms with Crippen LogP contribution >= 0.6 is 0 Å². The highest BCUT2D eigenvalue weighted by atomic mass is 16.3. The molecule has 0 radical (unpaired) electrons. The molecule has 21 heavy (non-hydrogen) atoms. The van der Waals surface area contributed by atoms with Crippen LogP contribution in [0.25, 0.3) is 0 Å². The molecule has 0 amide bonds. The summed E-state index contributed by atoms with van der Waals surface area (Å²) in [7, 11) is 0. The van der Waals surface area contributed by atoms with Crippen LogP contribution in [-0.4, -0.2) is 22.6 Å². The molecule has 3 heteroatoms. The molecule has 1 unspecified atom stereocenters. The molecule has 2 aromatic carbocycles.